The van der Waals surface area contributed by atoms with Crippen LogP contribution in [0.2, 0.25) is 0 Å². The largest absolute Gasteiger partial charge is 0.508 e. The van der Waals surface area contributed by atoms with Crippen LogP contribution in [0.3, 0.4) is 0 Å². The first-order valence-corrected chi connectivity index (χ1v) is 33.1. The maximum atomic E-state index is 15.0. The van der Waals surface area contributed by atoms with Crippen LogP contribution >= 0.6 is 25.3 Å². The summed E-state index contributed by atoms with van der Waals surface area (Å²) >= 11 is 8.55. The van der Waals surface area contributed by atoms with E-state index in [1.807, 2.05) is 0 Å². The number of phenolic OH excluding ortho intramolecular Hbond substituents is 1. The number of unbranched alkanes of at least 4 members (excludes halogenated alkanes) is 2. The van der Waals surface area contributed by atoms with Crippen LogP contribution in [0.15, 0.2) is 85.1 Å². The van der Waals surface area contributed by atoms with Crippen molar-refractivity contribution in [3.8, 4) is 5.75 Å². The molecular formula is C64H93FN12O18S2. The third-order valence-corrected chi connectivity index (χ3v) is 16.9. The van der Waals surface area contributed by atoms with Crippen LogP contribution in [0.25, 0.3) is 10.9 Å². The minimum absolute atomic E-state index is 0.0159. The van der Waals surface area contributed by atoms with Gasteiger partial charge in [0.1, 0.15) is 66.4 Å². The zero-order valence-corrected chi connectivity index (χ0v) is 55.9. The number of aliphatic hydroxyl groups is 7. The molecule has 2 heterocycles. The number of amides is 9. The molecule has 0 aliphatic carbocycles. The van der Waals surface area contributed by atoms with E-state index in [2.05, 4.69) is 83.4 Å². The van der Waals surface area contributed by atoms with Crippen molar-refractivity contribution in [2.45, 2.75) is 175 Å². The fourth-order valence-electron chi connectivity index (χ4n) is 10.4. The van der Waals surface area contributed by atoms with E-state index in [4.69, 9.17) is 10.5 Å². The summed E-state index contributed by atoms with van der Waals surface area (Å²) in [6.07, 6.45) is -8.21. The zero-order chi connectivity index (χ0) is 71.5. The number of carbonyl (C=O) groups is 9. The van der Waals surface area contributed by atoms with Crippen molar-refractivity contribution in [3.63, 3.8) is 0 Å². The second-order valence-corrected chi connectivity index (χ2v) is 24.6. The Morgan fingerprint density at radius 1 is 0.608 bits per heavy atom. The van der Waals surface area contributed by atoms with E-state index in [0.29, 0.717) is 34.0 Å². The maximum Gasteiger partial charge on any atom is 0.254 e. The lowest BCUT2D eigenvalue weighted by atomic mass is 9.96. The molecule has 9 amide bonds. The summed E-state index contributed by atoms with van der Waals surface area (Å²) in [5, 5.41) is 110. The molecule has 0 bridgehead atoms. The first-order chi connectivity index (χ1) is 46.1. The smallest absolute Gasteiger partial charge is 0.254 e. The number of para-hydroxylation sites is 1. The summed E-state index contributed by atoms with van der Waals surface area (Å²) in [6.45, 7) is 1.86. The van der Waals surface area contributed by atoms with Crippen LogP contribution in [-0.2, 0) is 67.2 Å². The Morgan fingerprint density at radius 2 is 1.10 bits per heavy atom. The standard InChI is InChI=1S/C64H93FN12O18S2/c1-34(65)55(85)67-24-12-10-17-43(69-33-64(94)54(84)53(83)51(82)30-95-64)56(86)71-45(25-37-13-5-4-6-14-37)59(89)75-49(31-96)61(91)72-46(26-38-19-21-40(81)22-20-38)58(88)73-47(27-39-28-68-42-16-8-7-15-41(39)42)60(90)70-44(18-9-11-23-66)57(87)77-52(36(3)80)63(93)76-50(32-97)62(92)74-48(29-78)35(2)79/h4-8,13-16,19-22,28,34-36,43-54,68-69,78-84,94,96-97H,9-12,17-18,23-27,29-33,66H2,1-3H3,(H,67,85)(H,70,90)(H,71,86)(H,72,91)(H,73,88)(H,74,92)(H,75,89)(H,76,93)(H,77,87)/t34?,35-,36-,43+,44+,45+,46+,47+,48-,49+,50+,51-,52+,53-,54+,64-/m1/s1. The van der Waals surface area contributed by atoms with E-state index in [9.17, 15) is 83.6 Å². The summed E-state index contributed by atoms with van der Waals surface area (Å²) in [5.41, 5.74) is 7.94. The molecule has 21 N–H and O–H groups in total. The van der Waals surface area contributed by atoms with Crippen molar-refractivity contribution in [1.29, 1.82) is 0 Å². The van der Waals surface area contributed by atoms with Gasteiger partial charge >= 0.3 is 0 Å². The number of ether oxygens (including phenoxy) is 1. The lowest BCUT2D eigenvalue weighted by molar-refractivity contribution is -0.318. The number of aromatic amines is 1. The van der Waals surface area contributed by atoms with Gasteiger partial charge in [0.15, 0.2) is 6.17 Å². The van der Waals surface area contributed by atoms with Gasteiger partial charge in [-0.1, -0.05) is 60.7 Å². The van der Waals surface area contributed by atoms with Crippen molar-refractivity contribution in [2.24, 2.45) is 5.73 Å². The monoisotopic (exact) mass is 1400 g/mol. The summed E-state index contributed by atoms with van der Waals surface area (Å²) in [6, 6.07) is 7.91. The van der Waals surface area contributed by atoms with Gasteiger partial charge in [-0.2, -0.15) is 25.3 Å². The lowest BCUT2D eigenvalue weighted by Gasteiger charge is -2.42. The van der Waals surface area contributed by atoms with Gasteiger partial charge in [-0.05, 0) is 101 Å². The quantitative estimate of drug-likeness (QED) is 0.0149. The molecule has 4 aromatic rings. The topological polar surface area (TPSA) is 487 Å². The molecule has 1 fully saturated rings. The SMILES string of the molecule is CC(F)C(=O)NCCCC[C@H](NC[C@@]1(O)OC[C@@H](O)[C@@H](O)[C@@H]1O)C(=O)N[C@@H](Cc1ccccc1)C(=O)N[C@@H](CS)C(=O)N[C@@H](Cc1ccc(O)cc1)C(=O)N[C@@H](Cc1c[nH]c2ccccc12)C(=O)N[C@@H](CCCCN)C(=O)N[C@H](C(=O)N[C@@H](CS)C(=O)N[C@H](CO)[C@@H](C)O)[C@@H](C)O. The number of nitrogens with two attached hydrogens (primary N) is 1. The number of nitrogens with one attached hydrogen (secondary N) is 11. The number of hydrogen-bond acceptors (Lipinski definition) is 22. The molecule has 0 saturated carbocycles. The van der Waals surface area contributed by atoms with Gasteiger partial charge in [0.25, 0.3) is 5.91 Å². The highest BCUT2D eigenvalue weighted by Crippen LogP contribution is 2.25. The molecule has 536 valence electrons. The van der Waals surface area contributed by atoms with Crippen molar-refractivity contribution in [1.82, 2.24) is 58.2 Å². The summed E-state index contributed by atoms with van der Waals surface area (Å²) in [5.74, 6) is -11.7. The van der Waals surface area contributed by atoms with Crippen LogP contribution in [-0.4, -0.2) is 240 Å². The van der Waals surface area contributed by atoms with Crippen LogP contribution in [0.4, 0.5) is 4.39 Å². The normalized spacial score (nSPS) is 19.9. The van der Waals surface area contributed by atoms with Crippen molar-refractivity contribution >= 4 is 89.3 Å². The van der Waals surface area contributed by atoms with Gasteiger partial charge in [-0.15, -0.1) is 0 Å². The predicted molar refractivity (Wildman–Crippen MR) is 359 cm³/mol. The van der Waals surface area contributed by atoms with E-state index in [1.54, 1.807) is 60.8 Å². The van der Waals surface area contributed by atoms with Gasteiger partial charge in [-0.25, -0.2) is 4.39 Å². The molecule has 3 aromatic carbocycles. The highest BCUT2D eigenvalue weighted by Gasteiger charge is 2.49. The molecule has 0 spiro atoms. The molecule has 0 radical (unpaired) electrons. The average molecular weight is 1400 g/mol. The van der Waals surface area contributed by atoms with Gasteiger partial charge in [-0.3, -0.25) is 43.2 Å². The van der Waals surface area contributed by atoms with E-state index in [1.165, 1.54) is 38.1 Å². The molecule has 1 saturated heterocycles. The average Bonchev–Trinajstić information content (AvgIpc) is 1.20. The Balaban J connectivity index is 1.43. The third kappa shape index (κ3) is 24.7. The van der Waals surface area contributed by atoms with Crippen molar-refractivity contribution in [3.05, 3.63) is 102 Å². The van der Waals surface area contributed by atoms with Gasteiger partial charge in [0.05, 0.1) is 44.1 Å². The first-order valence-electron chi connectivity index (χ1n) is 31.9. The van der Waals surface area contributed by atoms with Crippen LogP contribution in [0.5, 0.6) is 5.75 Å². The van der Waals surface area contributed by atoms with Crippen molar-refractivity contribution in [2.75, 3.05) is 44.4 Å². The first kappa shape index (κ1) is 80.1. The number of aliphatic hydroxyl groups excluding tert-OH is 6. The van der Waals surface area contributed by atoms with Crippen LogP contribution in [0, 0.1) is 0 Å². The number of hydrogen-bond donors (Lipinski definition) is 22. The molecule has 5 rings (SSSR count). The number of carbonyl (C=O) groups excluding carboxylic acids is 9. The Hall–Kier alpha value is -7.54. The number of alkyl halides is 1. The zero-order valence-electron chi connectivity index (χ0n) is 54.1. The number of fused-ring (bicyclic) bond motifs is 1. The highest BCUT2D eigenvalue weighted by molar-refractivity contribution is 7.80. The number of thiol groups is 2. The number of phenols is 1. The molecule has 16 atom stereocenters. The van der Waals surface area contributed by atoms with Crippen molar-refractivity contribution < 1.29 is 93.1 Å². The number of halogens is 1. The Morgan fingerprint density at radius 3 is 1.67 bits per heavy atom. The summed E-state index contributed by atoms with van der Waals surface area (Å²) < 4.78 is 18.9. The second-order valence-electron chi connectivity index (χ2n) is 23.9. The number of H-pyrrole nitrogens is 1. The third-order valence-electron chi connectivity index (χ3n) is 16.2. The van der Waals surface area contributed by atoms with Crippen LogP contribution in [0.1, 0.15) is 76.0 Å². The molecule has 1 unspecified atom stereocenters. The maximum absolute atomic E-state index is 15.0. The molecule has 30 nitrogen and oxygen atoms in total. The lowest BCUT2D eigenvalue weighted by Crippen LogP contribution is -2.66. The number of aromatic nitrogens is 1. The van der Waals surface area contributed by atoms with E-state index < -0.39 is 176 Å². The minimum Gasteiger partial charge on any atom is -0.508 e. The molecule has 1 aliphatic rings. The molecule has 1 aromatic heterocycles. The van der Waals surface area contributed by atoms with E-state index in [0.717, 1.165) is 6.92 Å². The minimum atomic E-state index is -2.52. The molecular weight excluding hydrogens is 1310 g/mol. The fraction of sp³-hybridized carbons (Fsp3) is 0.547. The Bertz CT molecular complexity index is 3210. The Labute approximate surface area is 571 Å². The highest BCUT2D eigenvalue weighted by atomic mass is 32.1. The molecule has 33 heteroatoms. The number of benzene rings is 3. The fourth-order valence-corrected chi connectivity index (χ4v) is 10.9. The van der Waals surface area contributed by atoms with E-state index in [-0.39, 0.29) is 76.0 Å². The summed E-state index contributed by atoms with van der Waals surface area (Å²) in [4.78, 5) is 130. The van der Waals surface area contributed by atoms with Crippen LogP contribution < -0.4 is 58.9 Å². The number of rotatable bonds is 40. The van der Waals surface area contributed by atoms with Gasteiger partial charge in [0, 0.05) is 54.4 Å². The van der Waals surface area contributed by atoms with Gasteiger partial charge < -0.3 is 109 Å². The molecule has 1 aliphatic heterocycles. The van der Waals surface area contributed by atoms with Gasteiger partial charge in [0.2, 0.25) is 53.0 Å². The number of aromatic hydroxyl groups is 1. The predicted octanol–water partition coefficient (Wildman–Crippen LogP) is -4.07. The summed E-state index contributed by atoms with van der Waals surface area (Å²) in [7, 11) is 0. The second kappa shape index (κ2) is 39.8. The Kier molecular flexibility index (Phi) is 32.8. The van der Waals surface area contributed by atoms with E-state index >= 15 is 4.79 Å². The molecule has 97 heavy (non-hydrogen) atoms.